The number of methoxy groups -OCH3 is 2. The molecule has 2 saturated heterocycles. The highest BCUT2D eigenvalue weighted by Crippen LogP contribution is 2.51. The number of cyclic esters (lactones) is 1. The average molecular weight is 754 g/mol. The first-order valence-electron chi connectivity index (χ1n) is 16.9. The number of rotatable bonds is 8. The molecule has 0 bridgehead atoms. The molecule has 0 aliphatic carbocycles. The number of esters is 1. The van der Waals surface area contributed by atoms with E-state index in [0.29, 0.717) is 57.2 Å². The highest BCUT2D eigenvalue weighted by atomic mass is 19.4. The summed E-state index contributed by atoms with van der Waals surface area (Å²) in [5.74, 6) is 0.525. The monoisotopic (exact) mass is 753 g/mol. The third-order valence-corrected chi connectivity index (χ3v) is 9.83. The van der Waals surface area contributed by atoms with E-state index in [-0.39, 0.29) is 18.9 Å². The third-order valence-electron chi connectivity index (χ3n) is 9.83. The summed E-state index contributed by atoms with van der Waals surface area (Å²) < 4.78 is 99.1. The smallest absolute Gasteiger partial charge is 0.416 e. The van der Waals surface area contributed by atoms with Crippen LogP contribution in [0.1, 0.15) is 75.8 Å². The lowest BCUT2D eigenvalue weighted by Crippen LogP contribution is -2.31. The van der Waals surface area contributed by atoms with Gasteiger partial charge in [-0.2, -0.15) is 26.3 Å². The molecule has 284 valence electrons. The van der Waals surface area contributed by atoms with Gasteiger partial charge >= 0.3 is 24.4 Å². The maximum atomic E-state index is 13.8. The number of ether oxygens (including phenoxy) is 3. The van der Waals surface area contributed by atoms with Gasteiger partial charge in [0.25, 0.3) is 0 Å². The maximum Gasteiger partial charge on any atom is 0.416 e. The van der Waals surface area contributed by atoms with Crippen LogP contribution in [0, 0.1) is 6.92 Å². The molecule has 2 fully saturated rings. The van der Waals surface area contributed by atoms with Gasteiger partial charge in [-0.05, 0) is 103 Å². The van der Waals surface area contributed by atoms with Gasteiger partial charge in [-0.3, -0.25) is 4.90 Å². The van der Waals surface area contributed by atoms with Gasteiger partial charge in [0.2, 0.25) is 0 Å². The fraction of sp³-hybridized carbons (Fsp3) is 0.325. The Balaban J connectivity index is 1.50. The third kappa shape index (κ3) is 6.96. The first kappa shape index (κ1) is 38.2. The first-order chi connectivity index (χ1) is 25.3. The van der Waals surface area contributed by atoms with E-state index in [9.17, 15) is 35.9 Å². The molecule has 2 aliphatic heterocycles. The Morgan fingerprint density at radius 3 is 2.13 bits per heavy atom. The van der Waals surface area contributed by atoms with Crippen LogP contribution in [0.25, 0.3) is 27.8 Å². The van der Waals surface area contributed by atoms with Gasteiger partial charge in [0.15, 0.2) is 0 Å². The number of carbonyl (C=O) groups excluding carboxylic acids is 2. The van der Waals surface area contributed by atoms with E-state index in [2.05, 4.69) is 6.58 Å². The molecule has 3 atom stereocenters. The van der Waals surface area contributed by atoms with Crippen LogP contribution in [-0.2, 0) is 21.8 Å². The second kappa shape index (κ2) is 14.0. The molecular weight excluding hydrogens is 716 g/mol. The second-order valence-corrected chi connectivity index (χ2v) is 13.6. The molecule has 1 amide bonds. The molecule has 0 N–H and O–H groups in total. The van der Waals surface area contributed by atoms with Crippen molar-refractivity contribution in [2.45, 2.75) is 57.2 Å². The lowest BCUT2D eigenvalue weighted by atomic mass is 9.91. The lowest BCUT2D eigenvalue weighted by Gasteiger charge is -2.27. The van der Waals surface area contributed by atoms with Gasteiger partial charge < -0.3 is 19.1 Å². The van der Waals surface area contributed by atoms with Crippen LogP contribution in [0.3, 0.4) is 0 Å². The largest absolute Gasteiger partial charge is 0.496 e. The fourth-order valence-electron chi connectivity index (χ4n) is 7.31. The number of halogens is 6. The molecule has 54 heavy (non-hydrogen) atoms. The number of alkyl halides is 6. The number of nitrogens with zero attached hydrogens (tertiary/aromatic N) is 3. The van der Waals surface area contributed by atoms with E-state index in [1.54, 1.807) is 43.3 Å². The van der Waals surface area contributed by atoms with E-state index < -0.39 is 59.3 Å². The molecule has 0 radical (unpaired) electrons. The van der Waals surface area contributed by atoms with Crippen LogP contribution in [0.2, 0.25) is 0 Å². The topological polar surface area (TPSA) is 81.2 Å². The van der Waals surface area contributed by atoms with Crippen LogP contribution in [0.4, 0.5) is 37.0 Å². The molecule has 4 aromatic rings. The van der Waals surface area contributed by atoms with Crippen molar-refractivity contribution in [2.75, 3.05) is 33.2 Å². The normalized spacial score (nSPS) is 18.3. The summed E-state index contributed by atoms with van der Waals surface area (Å²) in [6, 6.07) is 12.2. The zero-order chi connectivity index (χ0) is 39.4. The summed E-state index contributed by atoms with van der Waals surface area (Å²) in [6.07, 6.45) is -11.9. The average Bonchev–Trinajstić information content (AvgIpc) is 3.70. The predicted molar refractivity (Wildman–Crippen MR) is 190 cm³/mol. The molecule has 0 spiro atoms. The predicted octanol–water partition coefficient (Wildman–Crippen LogP) is 10.1. The van der Waals surface area contributed by atoms with Gasteiger partial charge in [-0.1, -0.05) is 18.7 Å². The van der Waals surface area contributed by atoms with Crippen molar-refractivity contribution in [3.8, 4) is 28.0 Å². The van der Waals surface area contributed by atoms with Gasteiger partial charge in [-0.15, -0.1) is 0 Å². The summed E-state index contributed by atoms with van der Waals surface area (Å²) in [5.41, 5.74) is 2.37. The Kier molecular flexibility index (Phi) is 9.93. The number of hydrogen-bond donors (Lipinski definition) is 0. The second-order valence-electron chi connectivity index (χ2n) is 13.6. The molecule has 14 heteroatoms. The lowest BCUT2D eigenvalue weighted by molar-refractivity contribution is -0.143. The fourth-order valence-corrected chi connectivity index (χ4v) is 7.31. The number of carbonyl (C=O) groups is 2. The van der Waals surface area contributed by atoms with Crippen molar-refractivity contribution >= 4 is 23.5 Å². The van der Waals surface area contributed by atoms with Crippen molar-refractivity contribution in [2.24, 2.45) is 0 Å². The minimum atomic E-state index is -5.07. The van der Waals surface area contributed by atoms with E-state index >= 15 is 0 Å². The minimum Gasteiger partial charge on any atom is -0.496 e. The molecule has 1 aromatic heterocycles. The van der Waals surface area contributed by atoms with Crippen molar-refractivity contribution in [1.82, 2.24) is 9.88 Å². The summed E-state index contributed by atoms with van der Waals surface area (Å²) in [4.78, 5) is 34.1. The zero-order valence-electron chi connectivity index (χ0n) is 30.3. The minimum absolute atomic E-state index is 0.0497. The van der Waals surface area contributed by atoms with Crippen LogP contribution in [0.5, 0.6) is 5.75 Å². The number of fused-ring (bicyclic) bond motifs is 1. The summed E-state index contributed by atoms with van der Waals surface area (Å²) >= 11 is 0. The van der Waals surface area contributed by atoms with E-state index in [0.717, 1.165) is 16.7 Å². The molecule has 0 unspecified atom stereocenters. The van der Waals surface area contributed by atoms with Crippen LogP contribution in [-0.4, -0.2) is 56.3 Å². The number of pyridine rings is 1. The summed E-state index contributed by atoms with van der Waals surface area (Å²) in [7, 11) is 6.40. The quantitative estimate of drug-likeness (QED) is 0.131. The molecule has 3 heterocycles. The number of aromatic nitrogens is 1. The molecule has 2 aliphatic rings. The van der Waals surface area contributed by atoms with E-state index in [1.807, 2.05) is 32.0 Å². The molecular formula is C40H37F6N3O5. The Morgan fingerprint density at radius 2 is 1.57 bits per heavy atom. The Bertz CT molecular complexity index is 2130. The van der Waals surface area contributed by atoms with Crippen molar-refractivity contribution in [1.29, 1.82) is 0 Å². The molecule has 8 nitrogen and oxygen atoms in total. The van der Waals surface area contributed by atoms with Gasteiger partial charge in [-0.25, -0.2) is 14.6 Å². The SMILES string of the molecule is C=C(C)c1cc(-c2cc(-c3ccc(C(=O)OC)cc3C)ccc2OC)c([C@@H]2CC[C@H]3[C@@H](c4cc(C(F)(F)F)cc(C(F)(F)F)c4)OC(=O)N23)nc1N(C)C. The van der Waals surface area contributed by atoms with E-state index in [4.69, 9.17) is 19.2 Å². The Labute approximate surface area is 308 Å². The van der Waals surface area contributed by atoms with Crippen molar-refractivity contribution in [3.05, 3.63) is 106 Å². The highest BCUT2D eigenvalue weighted by molar-refractivity contribution is 5.91. The molecule has 6 rings (SSSR count). The number of hydrogen-bond acceptors (Lipinski definition) is 7. The summed E-state index contributed by atoms with van der Waals surface area (Å²) in [6.45, 7) is 7.84. The number of benzene rings is 3. The Morgan fingerprint density at radius 1 is 0.907 bits per heavy atom. The number of allylic oxidation sites excluding steroid dienone is 1. The van der Waals surface area contributed by atoms with Crippen molar-refractivity contribution < 1.29 is 50.1 Å². The zero-order valence-corrected chi connectivity index (χ0v) is 30.3. The Hall–Kier alpha value is -5.53. The van der Waals surface area contributed by atoms with Crippen LogP contribution >= 0.6 is 0 Å². The van der Waals surface area contributed by atoms with Crippen molar-refractivity contribution in [3.63, 3.8) is 0 Å². The number of anilines is 1. The van der Waals surface area contributed by atoms with Gasteiger partial charge in [0.05, 0.1) is 48.7 Å². The first-order valence-corrected chi connectivity index (χ1v) is 16.9. The number of amides is 1. The molecule has 3 aromatic carbocycles. The molecule has 0 saturated carbocycles. The standard InChI is InChI=1S/C40H37F6N3O5/c1-20(2)28-19-30(29-17-22(9-13-33(29)52-6)27-10-8-23(14-21(27)3)37(50)53-7)34(47-36(28)48(4)5)31-11-12-32-35(54-38(51)49(31)32)24-15-25(39(41,42)43)18-26(16-24)40(44,45)46/h8-10,13-19,31-32,35H,1,11-12H2,2-7H3/t31-,32-,35+/m0/s1. The highest BCUT2D eigenvalue weighted by Gasteiger charge is 2.52. The summed E-state index contributed by atoms with van der Waals surface area (Å²) in [5, 5.41) is 0. The number of aryl methyl sites for hydroxylation is 1. The van der Waals surface area contributed by atoms with Gasteiger partial charge in [0, 0.05) is 30.8 Å². The maximum absolute atomic E-state index is 13.8. The van der Waals surface area contributed by atoms with Crippen LogP contribution in [0.15, 0.2) is 67.2 Å². The van der Waals surface area contributed by atoms with Gasteiger partial charge in [0.1, 0.15) is 17.7 Å². The van der Waals surface area contributed by atoms with E-state index in [1.165, 1.54) is 19.1 Å². The van der Waals surface area contributed by atoms with Crippen LogP contribution < -0.4 is 9.64 Å².